The van der Waals surface area contributed by atoms with Crippen molar-refractivity contribution < 1.29 is 9.90 Å². The van der Waals surface area contributed by atoms with E-state index in [9.17, 15) is 9.90 Å². The molecule has 132 valence electrons. The summed E-state index contributed by atoms with van der Waals surface area (Å²) in [6.07, 6.45) is 4.50. The van der Waals surface area contributed by atoms with Crippen LogP contribution in [0.3, 0.4) is 0 Å². The van der Waals surface area contributed by atoms with E-state index in [2.05, 4.69) is 9.97 Å². The molecule has 26 heavy (non-hydrogen) atoms. The molecular weight excluding hydrogens is 326 g/mol. The Morgan fingerprint density at radius 1 is 1.12 bits per heavy atom. The van der Waals surface area contributed by atoms with Gasteiger partial charge in [-0.2, -0.15) is 0 Å². The van der Waals surface area contributed by atoms with Gasteiger partial charge in [-0.3, -0.25) is 14.8 Å². The SMILES string of the molecule is Cc1ccc(C2(O)CCN(C(=O)c3ccc4ncccc4c3)CC2)nc1. The summed E-state index contributed by atoms with van der Waals surface area (Å²) in [5, 5.41) is 11.9. The molecule has 4 rings (SSSR count). The Labute approximate surface area is 152 Å². The van der Waals surface area contributed by atoms with Gasteiger partial charge >= 0.3 is 0 Å². The molecule has 1 fully saturated rings. The van der Waals surface area contributed by atoms with Gasteiger partial charge in [-0.25, -0.2) is 0 Å². The van der Waals surface area contributed by atoms with Crippen LogP contribution in [0.5, 0.6) is 0 Å². The van der Waals surface area contributed by atoms with E-state index in [0.29, 0.717) is 37.2 Å². The standard InChI is InChI=1S/C21H21N3O2/c1-15-4-7-19(23-14-15)21(26)8-11-24(12-9-21)20(25)17-5-6-18-16(13-17)3-2-10-22-18/h2-7,10,13-14,26H,8-9,11-12H2,1H3. The van der Waals surface area contributed by atoms with E-state index in [1.54, 1.807) is 17.3 Å². The van der Waals surface area contributed by atoms with Crippen molar-refractivity contribution >= 4 is 16.8 Å². The van der Waals surface area contributed by atoms with Gasteiger partial charge in [0.25, 0.3) is 5.91 Å². The van der Waals surface area contributed by atoms with Crippen LogP contribution >= 0.6 is 0 Å². The quantitative estimate of drug-likeness (QED) is 0.774. The van der Waals surface area contributed by atoms with Crippen LogP contribution in [-0.4, -0.2) is 39.0 Å². The van der Waals surface area contributed by atoms with Gasteiger partial charge in [-0.15, -0.1) is 0 Å². The summed E-state index contributed by atoms with van der Waals surface area (Å²) in [5.74, 6) is -0.00494. The van der Waals surface area contributed by atoms with Crippen LogP contribution in [0.25, 0.3) is 10.9 Å². The molecule has 0 atom stereocenters. The minimum Gasteiger partial charge on any atom is -0.383 e. The summed E-state index contributed by atoms with van der Waals surface area (Å²) in [4.78, 5) is 23.3. The smallest absolute Gasteiger partial charge is 0.253 e. The monoisotopic (exact) mass is 347 g/mol. The number of piperidine rings is 1. The Morgan fingerprint density at radius 2 is 1.92 bits per heavy atom. The van der Waals surface area contributed by atoms with Crippen LogP contribution in [0.15, 0.2) is 54.9 Å². The molecule has 5 heteroatoms. The number of likely N-dealkylation sites (tertiary alicyclic amines) is 1. The first-order valence-electron chi connectivity index (χ1n) is 8.85. The minimum atomic E-state index is -0.961. The molecule has 2 aromatic heterocycles. The molecule has 1 aromatic carbocycles. The lowest BCUT2D eigenvalue weighted by molar-refractivity contribution is -0.0244. The van der Waals surface area contributed by atoms with E-state index in [0.717, 1.165) is 16.5 Å². The van der Waals surface area contributed by atoms with Crippen molar-refractivity contribution in [2.24, 2.45) is 0 Å². The van der Waals surface area contributed by atoms with E-state index in [4.69, 9.17) is 0 Å². The van der Waals surface area contributed by atoms with Gasteiger partial charge in [0.05, 0.1) is 11.2 Å². The highest BCUT2D eigenvalue weighted by Crippen LogP contribution is 2.32. The van der Waals surface area contributed by atoms with Crippen molar-refractivity contribution in [1.29, 1.82) is 0 Å². The maximum Gasteiger partial charge on any atom is 0.253 e. The molecule has 1 saturated heterocycles. The zero-order chi connectivity index (χ0) is 18.1. The molecular formula is C21H21N3O2. The Kier molecular flexibility index (Phi) is 4.17. The molecule has 1 amide bonds. The number of aryl methyl sites for hydroxylation is 1. The van der Waals surface area contributed by atoms with Gasteiger partial charge in [0, 0.05) is 36.4 Å². The highest BCUT2D eigenvalue weighted by atomic mass is 16.3. The predicted octanol–water partition coefficient (Wildman–Crippen LogP) is 3.06. The Morgan fingerprint density at radius 3 is 2.65 bits per heavy atom. The van der Waals surface area contributed by atoms with Gasteiger partial charge < -0.3 is 10.0 Å². The average molecular weight is 347 g/mol. The Balaban J connectivity index is 1.49. The number of hydrogen-bond donors (Lipinski definition) is 1. The Bertz CT molecular complexity index is 945. The van der Waals surface area contributed by atoms with E-state index < -0.39 is 5.60 Å². The van der Waals surface area contributed by atoms with Crippen LogP contribution < -0.4 is 0 Å². The number of rotatable bonds is 2. The number of carbonyl (C=O) groups is 1. The first-order chi connectivity index (χ1) is 12.5. The number of aromatic nitrogens is 2. The number of nitrogens with zero attached hydrogens (tertiary/aromatic N) is 3. The van der Waals surface area contributed by atoms with Crippen molar-refractivity contribution in [2.45, 2.75) is 25.4 Å². The largest absolute Gasteiger partial charge is 0.383 e. The predicted molar refractivity (Wildman–Crippen MR) is 99.8 cm³/mol. The van der Waals surface area contributed by atoms with Crippen molar-refractivity contribution in [1.82, 2.24) is 14.9 Å². The fourth-order valence-corrected chi connectivity index (χ4v) is 3.47. The number of carbonyl (C=O) groups excluding carboxylic acids is 1. The van der Waals surface area contributed by atoms with Gasteiger partial charge in [-0.1, -0.05) is 12.1 Å². The fourth-order valence-electron chi connectivity index (χ4n) is 3.47. The minimum absolute atomic E-state index is 0.00494. The molecule has 3 heterocycles. The number of fused-ring (bicyclic) bond motifs is 1. The summed E-state index contributed by atoms with van der Waals surface area (Å²) >= 11 is 0. The van der Waals surface area contributed by atoms with Crippen molar-refractivity contribution in [2.75, 3.05) is 13.1 Å². The molecule has 0 aliphatic carbocycles. The van der Waals surface area contributed by atoms with Gasteiger partial charge in [-0.05, 0) is 55.7 Å². The Hall–Kier alpha value is -2.79. The van der Waals surface area contributed by atoms with Crippen LogP contribution in [0.2, 0.25) is 0 Å². The molecule has 3 aromatic rings. The van der Waals surface area contributed by atoms with Crippen molar-refractivity contribution in [3.63, 3.8) is 0 Å². The second-order valence-corrected chi connectivity index (χ2v) is 6.96. The third kappa shape index (κ3) is 3.06. The molecule has 1 aliphatic rings. The maximum absolute atomic E-state index is 12.8. The lowest BCUT2D eigenvalue weighted by Crippen LogP contribution is -2.45. The van der Waals surface area contributed by atoms with Crippen LogP contribution in [-0.2, 0) is 5.60 Å². The molecule has 0 saturated carbocycles. The summed E-state index contributed by atoms with van der Waals surface area (Å²) in [6.45, 7) is 2.99. The average Bonchev–Trinajstić information content (AvgIpc) is 2.68. The highest BCUT2D eigenvalue weighted by Gasteiger charge is 2.36. The normalized spacial score (nSPS) is 16.6. The lowest BCUT2D eigenvalue weighted by atomic mass is 9.87. The first-order valence-corrected chi connectivity index (χ1v) is 8.85. The molecule has 1 N–H and O–H groups in total. The molecule has 0 spiro atoms. The number of benzene rings is 1. The van der Waals surface area contributed by atoms with E-state index in [1.807, 2.05) is 49.4 Å². The number of hydrogen-bond acceptors (Lipinski definition) is 4. The summed E-state index contributed by atoms with van der Waals surface area (Å²) in [5.41, 5.74) is 2.33. The van der Waals surface area contributed by atoms with Crippen molar-refractivity contribution in [3.8, 4) is 0 Å². The molecule has 1 aliphatic heterocycles. The molecule has 0 unspecified atom stereocenters. The van der Waals surface area contributed by atoms with E-state index in [1.165, 1.54) is 0 Å². The van der Waals surface area contributed by atoms with Crippen LogP contribution in [0, 0.1) is 6.92 Å². The number of pyridine rings is 2. The van der Waals surface area contributed by atoms with Gasteiger partial charge in [0.2, 0.25) is 0 Å². The van der Waals surface area contributed by atoms with Crippen molar-refractivity contribution in [3.05, 3.63) is 71.7 Å². The topological polar surface area (TPSA) is 66.3 Å². The van der Waals surface area contributed by atoms with E-state index in [-0.39, 0.29) is 5.91 Å². The summed E-state index contributed by atoms with van der Waals surface area (Å²) < 4.78 is 0. The molecule has 5 nitrogen and oxygen atoms in total. The third-order valence-electron chi connectivity index (χ3n) is 5.12. The third-order valence-corrected chi connectivity index (χ3v) is 5.12. The molecule has 0 bridgehead atoms. The molecule has 0 radical (unpaired) electrons. The highest BCUT2D eigenvalue weighted by molar-refractivity contribution is 5.98. The lowest BCUT2D eigenvalue weighted by Gasteiger charge is -2.37. The fraction of sp³-hybridized carbons (Fsp3) is 0.286. The number of aliphatic hydroxyl groups is 1. The zero-order valence-electron chi connectivity index (χ0n) is 14.7. The van der Waals surface area contributed by atoms with Crippen LogP contribution in [0.4, 0.5) is 0 Å². The first kappa shape index (κ1) is 16.7. The number of amides is 1. The van der Waals surface area contributed by atoms with Crippen LogP contribution in [0.1, 0.15) is 34.5 Å². The zero-order valence-corrected chi connectivity index (χ0v) is 14.7. The van der Waals surface area contributed by atoms with Gasteiger partial charge in [0.1, 0.15) is 5.60 Å². The van der Waals surface area contributed by atoms with E-state index >= 15 is 0 Å². The van der Waals surface area contributed by atoms with Gasteiger partial charge in [0.15, 0.2) is 0 Å². The summed E-state index contributed by atoms with van der Waals surface area (Å²) in [7, 11) is 0. The summed E-state index contributed by atoms with van der Waals surface area (Å²) in [6, 6.07) is 13.2. The second-order valence-electron chi connectivity index (χ2n) is 6.96. The maximum atomic E-state index is 12.8. The second kappa shape index (κ2) is 6.50.